The number of likely N-dealkylation sites (N-methyl/N-ethyl adjacent to an activating group) is 1. The summed E-state index contributed by atoms with van der Waals surface area (Å²) in [4.78, 5) is 11.1. The zero-order valence-electron chi connectivity index (χ0n) is 22.5. The maximum atomic E-state index is 12.5. The summed E-state index contributed by atoms with van der Waals surface area (Å²) in [6.45, 7) is 2.62. The first-order chi connectivity index (χ1) is 16.5. The monoisotopic (exact) mass is 512 g/mol. The van der Waals surface area contributed by atoms with Crippen molar-refractivity contribution in [1.82, 2.24) is 4.72 Å². The van der Waals surface area contributed by atoms with Gasteiger partial charge in [0.2, 0.25) is 0 Å². The van der Waals surface area contributed by atoms with E-state index in [4.69, 9.17) is 5.11 Å². The lowest BCUT2D eigenvalue weighted by Crippen LogP contribution is -2.50. The Bertz CT molecular complexity index is 805. The highest BCUT2D eigenvalue weighted by Crippen LogP contribution is 2.16. The van der Waals surface area contributed by atoms with Gasteiger partial charge in [-0.2, -0.15) is 13.1 Å². The van der Waals surface area contributed by atoms with Gasteiger partial charge in [-0.15, -0.1) is 0 Å². The molecule has 0 amide bonds. The first kappa shape index (κ1) is 31.4. The van der Waals surface area contributed by atoms with Crippen molar-refractivity contribution >= 4 is 21.9 Å². The van der Waals surface area contributed by atoms with E-state index in [1.807, 2.05) is 33.3 Å². The minimum atomic E-state index is -3.88. The maximum Gasteiger partial charge on any atom is 0.305 e. The van der Waals surface area contributed by atoms with Gasteiger partial charge in [0.15, 0.2) is 0 Å². The van der Waals surface area contributed by atoms with Crippen LogP contribution in [0.1, 0.15) is 96.0 Å². The molecular formula is C27H50N3O4S+. The summed E-state index contributed by atoms with van der Waals surface area (Å²) in [5.41, 5.74) is 1.66. The molecule has 1 aromatic carbocycles. The van der Waals surface area contributed by atoms with Crippen LogP contribution in [0.4, 0.5) is 5.69 Å². The summed E-state index contributed by atoms with van der Waals surface area (Å²) in [7, 11) is 1.81. The number of carbonyl (C=O) groups is 1. The number of hydrogen-bond donors (Lipinski definition) is 3. The molecule has 1 rings (SSSR count). The molecule has 7 nitrogen and oxygen atoms in total. The van der Waals surface area contributed by atoms with Gasteiger partial charge in [-0.1, -0.05) is 89.7 Å². The van der Waals surface area contributed by atoms with Gasteiger partial charge < -0.3 is 9.59 Å². The quantitative estimate of drug-likeness (QED) is 0.145. The van der Waals surface area contributed by atoms with Crippen LogP contribution in [0, 0.1) is 0 Å². The number of carboxylic acids is 1. The summed E-state index contributed by atoms with van der Waals surface area (Å²) < 4.78 is 30.5. The van der Waals surface area contributed by atoms with Crippen LogP contribution < -0.4 is 9.44 Å². The summed E-state index contributed by atoms with van der Waals surface area (Å²) >= 11 is 0. The van der Waals surface area contributed by atoms with E-state index < -0.39 is 22.2 Å². The van der Waals surface area contributed by atoms with Crippen LogP contribution in [-0.2, 0) is 21.4 Å². The van der Waals surface area contributed by atoms with Crippen molar-refractivity contribution in [2.45, 2.75) is 103 Å². The fraction of sp³-hybridized carbons (Fsp3) is 0.741. The predicted octanol–water partition coefficient (Wildman–Crippen LogP) is 5.73. The molecular weight excluding hydrogens is 462 g/mol. The molecule has 0 radical (unpaired) electrons. The van der Waals surface area contributed by atoms with Crippen molar-refractivity contribution in [3.8, 4) is 0 Å². The number of aryl methyl sites for hydroxylation is 1. The minimum absolute atomic E-state index is 0.269. The molecule has 0 saturated heterocycles. The van der Waals surface area contributed by atoms with Crippen molar-refractivity contribution in [3.05, 3.63) is 29.8 Å². The van der Waals surface area contributed by atoms with Crippen molar-refractivity contribution < 1.29 is 22.8 Å². The average Bonchev–Trinajstić information content (AvgIpc) is 2.73. The first-order valence-corrected chi connectivity index (χ1v) is 14.9. The average molecular weight is 513 g/mol. The normalized spacial score (nSPS) is 13.0. The predicted molar refractivity (Wildman–Crippen MR) is 146 cm³/mol. The molecule has 202 valence electrons. The Balaban J connectivity index is 2.30. The van der Waals surface area contributed by atoms with Crippen LogP contribution in [-0.4, -0.2) is 57.7 Å². The third-order valence-corrected chi connectivity index (χ3v) is 7.18. The van der Waals surface area contributed by atoms with Crippen LogP contribution >= 0.6 is 0 Å². The van der Waals surface area contributed by atoms with Crippen LogP contribution in [0.5, 0.6) is 0 Å². The third kappa shape index (κ3) is 17.4. The van der Waals surface area contributed by atoms with E-state index in [0.29, 0.717) is 16.7 Å². The molecule has 0 spiro atoms. The van der Waals surface area contributed by atoms with Crippen LogP contribution in [0.2, 0.25) is 0 Å². The molecule has 1 atom stereocenters. The number of nitrogens with zero attached hydrogens (tertiary/aromatic N) is 1. The van der Waals surface area contributed by atoms with E-state index in [9.17, 15) is 13.2 Å². The maximum absolute atomic E-state index is 12.5. The molecule has 0 aliphatic carbocycles. The molecule has 8 heteroatoms. The Morgan fingerprint density at radius 1 is 0.857 bits per heavy atom. The molecule has 0 aliphatic rings. The number of nitrogens with one attached hydrogen (secondary N) is 2. The topological polar surface area (TPSA) is 95.5 Å². The lowest BCUT2D eigenvalue weighted by molar-refractivity contribution is -0.871. The van der Waals surface area contributed by atoms with Gasteiger partial charge in [-0.05, 0) is 30.5 Å². The summed E-state index contributed by atoms with van der Waals surface area (Å²) in [6.07, 6.45) is 16.7. The standard InChI is InChI=1S/C27H49N3O4S/c1-5-6-7-8-9-10-11-12-13-14-15-16-17-24-18-20-25(21-19-24)28-35(33,34)29-26(22-27(31)32)23-30(2,3)4/h18-21,26,28-29H,5-17,22-23H2,1-4H3/p+1/t26-/m1/s1. The number of carboxylic acid groups (broad SMARTS) is 1. The van der Waals surface area contributed by atoms with Crippen LogP contribution in [0.25, 0.3) is 0 Å². The van der Waals surface area contributed by atoms with E-state index >= 15 is 0 Å². The Kier molecular flexibility index (Phi) is 15.2. The molecule has 1 aromatic rings. The third-order valence-electron chi connectivity index (χ3n) is 6.04. The van der Waals surface area contributed by atoms with E-state index in [-0.39, 0.29) is 6.42 Å². The van der Waals surface area contributed by atoms with Gasteiger partial charge in [0.1, 0.15) is 0 Å². The van der Waals surface area contributed by atoms with Gasteiger partial charge in [0.05, 0.1) is 40.2 Å². The number of unbranched alkanes of at least 4 members (excludes halogenated alkanes) is 11. The molecule has 0 bridgehead atoms. The zero-order valence-corrected chi connectivity index (χ0v) is 23.3. The van der Waals surface area contributed by atoms with Crippen LogP contribution in [0.15, 0.2) is 24.3 Å². The SMILES string of the molecule is CCCCCCCCCCCCCCc1ccc(NS(=O)(=O)N[C@H](CC(=O)O)C[N+](C)(C)C)cc1. The molecule has 0 aromatic heterocycles. The lowest BCUT2D eigenvalue weighted by Gasteiger charge is -2.29. The highest BCUT2D eigenvalue weighted by Gasteiger charge is 2.25. The summed E-state index contributed by atoms with van der Waals surface area (Å²) in [5.74, 6) is -1.03. The second-order valence-electron chi connectivity index (χ2n) is 10.8. The Hall–Kier alpha value is -1.64. The largest absolute Gasteiger partial charge is 0.481 e. The molecule has 0 saturated carbocycles. The number of benzene rings is 1. The Morgan fingerprint density at radius 2 is 1.34 bits per heavy atom. The van der Waals surface area contributed by atoms with Gasteiger partial charge in [0.25, 0.3) is 10.2 Å². The second-order valence-corrected chi connectivity index (χ2v) is 12.3. The fourth-order valence-corrected chi connectivity index (χ4v) is 5.43. The molecule has 35 heavy (non-hydrogen) atoms. The number of quaternary nitrogens is 1. The smallest absolute Gasteiger partial charge is 0.305 e. The molecule has 0 unspecified atom stereocenters. The summed E-state index contributed by atoms with van der Waals surface area (Å²) in [5, 5.41) is 9.12. The van der Waals surface area contributed by atoms with E-state index in [1.54, 1.807) is 12.1 Å². The lowest BCUT2D eigenvalue weighted by atomic mass is 10.0. The van der Waals surface area contributed by atoms with Crippen LogP contribution in [0.3, 0.4) is 0 Å². The minimum Gasteiger partial charge on any atom is -0.481 e. The Morgan fingerprint density at radius 3 is 1.80 bits per heavy atom. The van der Waals surface area contributed by atoms with E-state index in [0.717, 1.165) is 12.8 Å². The second kappa shape index (κ2) is 16.9. The number of hydrogen-bond acceptors (Lipinski definition) is 3. The van der Waals surface area contributed by atoms with Gasteiger partial charge in [-0.3, -0.25) is 9.52 Å². The number of rotatable bonds is 21. The van der Waals surface area contributed by atoms with Crippen molar-refractivity contribution in [3.63, 3.8) is 0 Å². The number of anilines is 1. The summed E-state index contributed by atoms with van der Waals surface area (Å²) in [6, 6.07) is 6.74. The van der Waals surface area contributed by atoms with Crippen molar-refractivity contribution in [2.24, 2.45) is 0 Å². The van der Waals surface area contributed by atoms with Crippen molar-refractivity contribution in [1.29, 1.82) is 0 Å². The number of aliphatic carboxylic acids is 1. The van der Waals surface area contributed by atoms with E-state index in [1.165, 1.54) is 76.2 Å². The van der Waals surface area contributed by atoms with Gasteiger partial charge >= 0.3 is 5.97 Å². The molecule has 0 fully saturated rings. The van der Waals surface area contributed by atoms with Gasteiger partial charge in [0, 0.05) is 5.69 Å². The zero-order chi connectivity index (χ0) is 26.2. The Labute approximate surface area is 214 Å². The fourth-order valence-electron chi connectivity index (χ4n) is 4.33. The molecule has 0 aliphatic heterocycles. The first-order valence-electron chi connectivity index (χ1n) is 13.4. The van der Waals surface area contributed by atoms with E-state index in [2.05, 4.69) is 16.4 Å². The van der Waals surface area contributed by atoms with Crippen molar-refractivity contribution in [2.75, 3.05) is 32.4 Å². The highest BCUT2D eigenvalue weighted by atomic mass is 32.2. The molecule has 0 heterocycles. The molecule has 3 N–H and O–H groups in total. The highest BCUT2D eigenvalue weighted by molar-refractivity contribution is 7.90. The van der Waals surface area contributed by atoms with Gasteiger partial charge in [-0.25, -0.2) is 0 Å².